The number of nitrogens with one attached hydrogen (secondary N) is 1. The first-order valence-corrected chi connectivity index (χ1v) is 7.93. The average molecular weight is 307 g/mol. The maximum absolute atomic E-state index is 13.7. The van der Waals surface area contributed by atoms with Gasteiger partial charge in [-0.15, -0.1) is 0 Å². The van der Waals surface area contributed by atoms with Crippen LogP contribution in [-0.2, 0) is 0 Å². The fourth-order valence-corrected chi connectivity index (χ4v) is 3.11. The van der Waals surface area contributed by atoms with E-state index in [1.807, 2.05) is 36.4 Å². The van der Waals surface area contributed by atoms with Gasteiger partial charge in [-0.2, -0.15) is 0 Å². The Morgan fingerprint density at radius 2 is 1.74 bits per heavy atom. The van der Waals surface area contributed by atoms with Crippen LogP contribution in [0.2, 0.25) is 0 Å². The van der Waals surface area contributed by atoms with Crippen molar-refractivity contribution in [3.63, 3.8) is 0 Å². The van der Waals surface area contributed by atoms with Gasteiger partial charge in [0.15, 0.2) is 0 Å². The maximum atomic E-state index is 13.7. The van der Waals surface area contributed by atoms with Crippen LogP contribution in [0, 0.1) is 5.82 Å². The van der Waals surface area contributed by atoms with Crippen molar-refractivity contribution in [3.8, 4) is 11.3 Å². The lowest BCUT2D eigenvalue weighted by Crippen LogP contribution is -2.43. The molecule has 116 valence electrons. The molecule has 1 aliphatic rings. The molecule has 0 unspecified atom stereocenters. The molecule has 23 heavy (non-hydrogen) atoms. The van der Waals surface area contributed by atoms with E-state index in [1.165, 1.54) is 12.1 Å². The van der Waals surface area contributed by atoms with E-state index in [4.69, 9.17) is 0 Å². The van der Waals surface area contributed by atoms with Crippen LogP contribution in [-0.4, -0.2) is 31.2 Å². The van der Waals surface area contributed by atoms with Crippen molar-refractivity contribution in [2.24, 2.45) is 0 Å². The van der Waals surface area contributed by atoms with Gasteiger partial charge in [0.05, 0.1) is 11.2 Å². The standard InChI is InChI=1S/C19H18FN3/c20-15-6-7-16-18(12-15)22-17(14-4-2-1-3-5-14)13-19(16)23-10-8-21-9-11-23/h1-7,12-13,21H,8-11H2. The van der Waals surface area contributed by atoms with Gasteiger partial charge in [0.2, 0.25) is 0 Å². The van der Waals surface area contributed by atoms with Crippen LogP contribution in [0.3, 0.4) is 0 Å². The molecule has 0 bridgehead atoms. The number of halogens is 1. The van der Waals surface area contributed by atoms with E-state index in [1.54, 1.807) is 0 Å². The van der Waals surface area contributed by atoms with Gasteiger partial charge < -0.3 is 10.2 Å². The van der Waals surface area contributed by atoms with Gasteiger partial charge in [-0.05, 0) is 18.2 Å². The van der Waals surface area contributed by atoms with Crippen LogP contribution in [0.15, 0.2) is 54.6 Å². The molecule has 2 aromatic carbocycles. The van der Waals surface area contributed by atoms with Crippen molar-refractivity contribution in [1.29, 1.82) is 0 Å². The van der Waals surface area contributed by atoms with E-state index in [2.05, 4.69) is 21.3 Å². The van der Waals surface area contributed by atoms with Gasteiger partial charge in [-0.1, -0.05) is 30.3 Å². The summed E-state index contributed by atoms with van der Waals surface area (Å²) >= 11 is 0. The Labute approximate surface area is 134 Å². The third-order valence-electron chi connectivity index (χ3n) is 4.28. The monoisotopic (exact) mass is 307 g/mol. The van der Waals surface area contributed by atoms with Crippen LogP contribution in [0.4, 0.5) is 10.1 Å². The Bertz CT molecular complexity index is 827. The summed E-state index contributed by atoms with van der Waals surface area (Å²) in [6, 6.07) is 17.1. The minimum atomic E-state index is -0.249. The normalized spacial score (nSPS) is 15.1. The Hall–Kier alpha value is -2.46. The molecule has 1 fully saturated rings. The molecule has 1 saturated heterocycles. The highest BCUT2D eigenvalue weighted by atomic mass is 19.1. The fourth-order valence-electron chi connectivity index (χ4n) is 3.11. The molecule has 0 radical (unpaired) electrons. The predicted octanol–water partition coefficient (Wildman–Crippen LogP) is 3.45. The lowest BCUT2D eigenvalue weighted by atomic mass is 10.1. The summed E-state index contributed by atoms with van der Waals surface area (Å²) in [6.07, 6.45) is 0. The molecule has 1 aliphatic heterocycles. The predicted molar refractivity (Wildman–Crippen MR) is 92.2 cm³/mol. The van der Waals surface area contributed by atoms with Crippen LogP contribution < -0.4 is 10.2 Å². The third-order valence-corrected chi connectivity index (χ3v) is 4.28. The Morgan fingerprint density at radius 3 is 2.52 bits per heavy atom. The summed E-state index contributed by atoms with van der Waals surface area (Å²) in [5.41, 5.74) is 3.78. The number of anilines is 1. The number of hydrogen-bond donors (Lipinski definition) is 1. The molecule has 0 saturated carbocycles. The molecular weight excluding hydrogens is 289 g/mol. The van der Waals surface area contributed by atoms with Gasteiger partial charge in [-0.3, -0.25) is 0 Å². The van der Waals surface area contributed by atoms with Gasteiger partial charge in [0.25, 0.3) is 0 Å². The van der Waals surface area contributed by atoms with Crippen molar-refractivity contribution < 1.29 is 4.39 Å². The van der Waals surface area contributed by atoms with Crippen molar-refractivity contribution >= 4 is 16.6 Å². The first kappa shape index (κ1) is 14.2. The zero-order valence-electron chi connectivity index (χ0n) is 12.8. The number of fused-ring (bicyclic) bond motifs is 1. The molecule has 1 N–H and O–H groups in total. The highest BCUT2D eigenvalue weighted by molar-refractivity contribution is 5.94. The lowest BCUT2D eigenvalue weighted by molar-refractivity contribution is 0.590. The van der Waals surface area contributed by atoms with Crippen LogP contribution >= 0.6 is 0 Å². The number of aromatic nitrogens is 1. The fraction of sp³-hybridized carbons (Fsp3) is 0.211. The Balaban J connectivity index is 1.91. The smallest absolute Gasteiger partial charge is 0.125 e. The second-order valence-electron chi connectivity index (χ2n) is 5.79. The van der Waals surface area contributed by atoms with Crippen LogP contribution in [0.1, 0.15) is 0 Å². The number of pyridine rings is 1. The molecule has 2 heterocycles. The Kier molecular flexibility index (Phi) is 3.67. The van der Waals surface area contributed by atoms with E-state index >= 15 is 0 Å². The Morgan fingerprint density at radius 1 is 0.957 bits per heavy atom. The first-order valence-electron chi connectivity index (χ1n) is 7.93. The summed E-state index contributed by atoms with van der Waals surface area (Å²) in [5, 5.41) is 4.38. The molecule has 0 aliphatic carbocycles. The lowest BCUT2D eigenvalue weighted by Gasteiger charge is -2.30. The zero-order chi connectivity index (χ0) is 15.6. The maximum Gasteiger partial charge on any atom is 0.125 e. The average Bonchev–Trinajstić information content (AvgIpc) is 2.62. The molecular formula is C19H18FN3. The van der Waals surface area contributed by atoms with Crippen molar-refractivity contribution in [2.45, 2.75) is 0 Å². The highest BCUT2D eigenvalue weighted by Crippen LogP contribution is 2.31. The van der Waals surface area contributed by atoms with E-state index < -0.39 is 0 Å². The molecule has 3 nitrogen and oxygen atoms in total. The van der Waals surface area contributed by atoms with Crippen molar-refractivity contribution in [3.05, 3.63) is 60.4 Å². The number of benzene rings is 2. The summed E-state index contributed by atoms with van der Waals surface area (Å²) < 4.78 is 13.7. The molecule has 4 rings (SSSR count). The van der Waals surface area contributed by atoms with Gasteiger partial charge in [-0.25, -0.2) is 9.37 Å². The zero-order valence-corrected chi connectivity index (χ0v) is 12.8. The minimum absolute atomic E-state index is 0.249. The van der Waals surface area contributed by atoms with E-state index in [0.29, 0.717) is 5.52 Å². The topological polar surface area (TPSA) is 28.2 Å². The number of piperazine rings is 1. The molecule has 4 heteroatoms. The van der Waals surface area contributed by atoms with Crippen LogP contribution in [0.5, 0.6) is 0 Å². The quantitative estimate of drug-likeness (QED) is 0.786. The van der Waals surface area contributed by atoms with E-state index in [-0.39, 0.29) is 5.82 Å². The summed E-state index contributed by atoms with van der Waals surface area (Å²) in [5.74, 6) is -0.249. The minimum Gasteiger partial charge on any atom is -0.368 e. The molecule has 1 aromatic heterocycles. The largest absolute Gasteiger partial charge is 0.368 e. The molecule has 0 atom stereocenters. The first-order chi connectivity index (χ1) is 11.3. The van der Waals surface area contributed by atoms with Gasteiger partial charge in [0.1, 0.15) is 5.82 Å². The second-order valence-corrected chi connectivity index (χ2v) is 5.79. The van der Waals surface area contributed by atoms with E-state index in [9.17, 15) is 4.39 Å². The second kappa shape index (κ2) is 5.97. The number of rotatable bonds is 2. The summed E-state index contributed by atoms with van der Waals surface area (Å²) in [7, 11) is 0. The van der Waals surface area contributed by atoms with Gasteiger partial charge >= 0.3 is 0 Å². The molecule has 0 amide bonds. The summed E-state index contributed by atoms with van der Waals surface area (Å²) in [4.78, 5) is 7.03. The molecule has 3 aromatic rings. The molecule has 0 spiro atoms. The van der Waals surface area contributed by atoms with Crippen molar-refractivity contribution in [1.82, 2.24) is 10.3 Å². The summed E-state index contributed by atoms with van der Waals surface area (Å²) in [6.45, 7) is 3.83. The van der Waals surface area contributed by atoms with Gasteiger partial charge in [0, 0.05) is 48.9 Å². The SMILES string of the molecule is Fc1ccc2c(N3CCNCC3)cc(-c3ccccc3)nc2c1. The van der Waals surface area contributed by atoms with Crippen molar-refractivity contribution in [2.75, 3.05) is 31.1 Å². The van der Waals surface area contributed by atoms with E-state index in [0.717, 1.165) is 48.5 Å². The van der Waals surface area contributed by atoms with Crippen LogP contribution in [0.25, 0.3) is 22.2 Å². The number of hydrogen-bond acceptors (Lipinski definition) is 3. The third kappa shape index (κ3) is 2.78. The number of nitrogens with zero attached hydrogens (tertiary/aromatic N) is 2. The highest BCUT2D eigenvalue weighted by Gasteiger charge is 2.16.